The molecule has 0 amide bonds. The van der Waals surface area contributed by atoms with Crippen molar-refractivity contribution < 1.29 is 0 Å². The molecule has 0 unspecified atom stereocenters. The third-order valence-corrected chi connectivity index (χ3v) is 12.7. The van der Waals surface area contributed by atoms with Crippen molar-refractivity contribution in [1.82, 2.24) is 0 Å². The predicted octanol–water partition coefficient (Wildman–Crippen LogP) is 3.85. The van der Waals surface area contributed by atoms with Crippen molar-refractivity contribution in [3.05, 3.63) is 82.3 Å². The molecule has 0 N–H and O–H groups in total. The third-order valence-electron chi connectivity index (χ3n) is 5.10. The fourth-order valence-electron chi connectivity index (χ4n) is 4.41. The first kappa shape index (κ1) is 14.0. The van der Waals surface area contributed by atoms with Crippen molar-refractivity contribution in [2.45, 2.75) is 26.1 Å². The fraction of sp³-hybridized carbons (Fsp3) is 0.200. The minimum Gasteiger partial charge on any atom is -0.0806 e. The van der Waals surface area contributed by atoms with E-state index in [0.717, 1.165) is 0 Å². The normalized spacial score (nSPS) is 19.0. The number of hydrogen-bond acceptors (Lipinski definition) is 0. The number of allylic oxidation sites excluding steroid dienone is 4. The van der Waals surface area contributed by atoms with Crippen LogP contribution >= 0.6 is 0 Å². The molecular weight excluding hydrogens is 296 g/mol. The summed E-state index contributed by atoms with van der Waals surface area (Å²) in [6, 6.07) is 22.6. The summed E-state index contributed by atoms with van der Waals surface area (Å²) in [5, 5.41) is 8.47. The molecule has 0 radical (unpaired) electrons. The SMILES string of the molecule is C[Si](C)(C)C1=C2CC=C1[Si]2(c1ccccc1)c1ccccc1. The molecule has 0 fully saturated rings. The monoisotopic (exact) mass is 318 g/mol. The predicted molar refractivity (Wildman–Crippen MR) is 101 cm³/mol. The number of hydrogen-bond donors (Lipinski definition) is 0. The summed E-state index contributed by atoms with van der Waals surface area (Å²) >= 11 is 0. The second-order valence-corrected chi connectivity index (χ2v) is 16.2. The summed E-state index contributed by atoms with van der Waals surface area (Å²) in [6.45, 7) is 7.49. The fourth-order valence-corrected chi connectivity index (χ4v) is 14.7. The van der Waals surface area contributed by atoms with Gasteiger partial charge in [-0.2, -0.15) is 0 Å². The Bertz CT molecular complexity index is 738. The van der Waals surface area contributed by atoms with Gasteiger partial charge in [0.1, 0.15) is 0 Å². The van der Waals surface area contributed by atoms with Crippen LogP contribution in [0.2, 0.25) is 19.6 Å². The first-order chi connectivity index (χ1) is 10.6. The molecule has 0 saturated carbocycles. The summed E-state index contributed by atoms with van der Waals surface area (Å²) in [5.74, 6) is 0. The van der Waals surface area contributed by atoms with Crippen molar-refractivity contribution in [2.24, 2.45) is 0 Å². The molecule has 3 aliphatic rings. The molecule has 1 aliphatic carbocycles. The van der Waals surface area contributed by atoms with Crippen molar-refractivity contribution >= 4 is 26.5 Å². The van der Waals surface area contributed by atoms with Gasteiger partial charge in [-0.1, -0.05) is 102 Å². The summed E-state index contributed by atoms with van der Waals surface area (Å²) in [4.78, 5) is 0. The standard InChI is InChI=1S/C20H22Si2/c1-21(2,3)20-18-14-15-19(20)22(18,16-10-6-4-7-11-16)17-12-8-5-9-13-17/h4-14H,15H2,1-3H3. The maximum absolute atomic E-state index is 2.55. The van der Waals surface area contributed by atoms with E-state index >= 15 is 0 Å². The van der Waals surface area contributed by atoms with E-state index < -0.39 is 16.1 Å². The first-order valence-electron chi connectivity index (χ1n) is 8.12. The van der Waals surface area contributed by atoms with Gasteiger partial charge < -0.3 is 0 Å². The van der Waals surface area contributed by atoms with Gasteiger partial charge in [0, 0.05) is 0 Å². The Morgan fingerprint density at radius 1 is 0.773 bits per heavy atom. The Hall–Kier alpha value is -1.65. The molecule has 2 heteroatoms. The van der Waals surface area contributed by atoms with Gasteiger partial charge in [0.2, 0.25) is 0 Å². The minimum atomic E-state index is -1.79. The molecule has 22 heavy (non-hydrogen) atoms. The lowest BCUT2D eigenvalue weighted by Gasteiger charge is -2.47. The molecule has 2 bridgehead atoms. The Balaban J connectivity index is 2.00. The van der Waals surface area contributed by atoms with Crippen molar-refractivity contribution in [3.8, 4) is 0 Å². The average Bonchev–Trinajstić information content (AvgIpc) is 3.10. The van der Waals surface area contributed by atoms with Crippen LogP contribution in [0, 0.1) is 0 Å². The van der Waals surface area contributed by atoms with E-state index in [1.807, 2.05) is 0 Å². The van der Waals surface area contributed by atoms with Gasteiger partial charge in [0.25, 0.3) is 0 Å². The summed E-state index contributed by atoms with van der Waals surface area (Å²) in [6.07, 6.45) is 3.75. The largest absolute Gasteiger partial charge is 0.175 e. The van der Waals surface area contributed by atoms with Crippen LogP contribution in [0.4, 0.5) is 0 Å². The summed E-state index contributed by atoms with van der Waals surface area (Å²) in [7, 11) is -3.03. The highest BCUT2D eigenvalue weighted by Crippen LogP contribution is 2.52. The minimum absolute atomic E-state index is 1.20. The molecule has 0 spiro atoms. The Morgan fingerprint density at radius 3 is 1.64 bits per heavy atom. The highest BCUT2D eigenvalue weighted by atomic mass is 28.3. The number of fused-ring (bicyclic) bond motifs is 1. The van der Waals surface area contributed by atoms with Crippen molar-refractivity contribution in [3.63, 3.8) is 0 Å². The summed E-state index contributed by atoms with van der Waals surface area (Å²) in [5.41, 5.74) is 0. The van der Waals surface area contributed by atoms with Crippen LogP contribution in [0.3, 0.4) is 0 Å². The number of benzene rings is 2. The Morgan fingerprint density at radius 2 is 1.27 bits per heavy atom. The molecular formula is C20H22Si2. The van der Waals surface area contributed by atoms with Crippen LogP contribution in [-0.4, -0.2) is 16.1 Å². The highest BCUT2D eigenvalue weighted by molar-refractivity contribution is 7.19. The van der Waals surface area contributed by atoms with Crippen LogP contribution in [0.1, 0.15) is 6.42 Å². The van der Waals surface area contributed by atoms with Crippen LogP contribution in [0.15, 0.2) is 82.3 Å². The second kappa shape index (κ2) is 4.67. The molecule has 0 saturated heterocycles. The maximum atomic E-state index is 2.55. The van der Waals surface area contributed by atoms with Gasteiger partial charge >= 0.3 is 0 Å². The van der Waals surface area contributed by atoms with E-state index in [-0.39, 0.29) is 0 Å². The maximum Gasteiger partial charge on any atom is 0.175 e. The van der Waals surface area contributed by atoms with Gasteiger partial charge in [-0.15, -0.1) is 0 Å². The zero-order valence-corrected chi connectivity index (χ0v) is 15.6. The smallest absolute Gasteiger partial charge is 0.0806 e. The first-order valence-corrected chi connectivity index (χ1v) is 13.6. The zero-order chi connectivity index (χ0) is 15.4. The van der Waals surface area contributed by atoms with E-state index in [2.05, 4.69) is 86.4 Å². The Kier molecular flexibility index (Phi) is 2.97. The lowest BCUT2D eigenvalue weighted by atomic mass is 10.4. The van der Waals surface area contributed by atoms with Crippen LogP contribution in [0.25, 0.3) is 0 Å². The molecule has 0 atom stereocenters. The third kappa shape index (κ3) is 1.68. The van der Waals surface area contributed by atoms with Crippen molar-refractivity contribution in [2.75, 3.05) is 0 Å². The quantitative estimate of drug-likeness (QED) is 0.754. The number of rotatable bonds is 3. The van der Waals surface area contributed by atoms with Gasteiger partial charge in [-0.05, 0) is 16.8 Å². The van der Waals surface area contributed by atoms with E-state index in [0.29, 0.717) is 0 Å². The molecule has 2 aromatic rings. The van der Waals surface area contributed by atoms with Gasteiger partial charge in [0.05, 0.1) is 8.07 Å². The van der Waals surface area contributed by atoms with Crippen LogP contribution in [-0.2, 0) is 0 Å². The van der Waals surface area contributed by atoms with Crippen LogP contribution < -0.4 is 10.4 Å². The zero-order valence-electron chi connectivity index (χ0n) is 13.6. The van der Waals surface area contributed by atoms with Crippen LogP contribution in [0.5, 0.6) is 0 Å². The molecule has 2 heterocycles. The van der Waals surface area contributed by atoms with E-state index in [1.54, 1.807) is 26.0 Å². The molecule has 0 aromatic heterocycles. The summed E-state index contributed by atoms with van der Waals surface area (Å²) < 4.78 is 0. The lowest BCUT2D eigenvalue weighted by molar-refractivity contribution is 1.36. The Labute approximate surface area is 135 Å². The van der Waals surface area contributed by atoms with E-state index in [9.17, 15) is 0 Å². The second-order valence-electron chi connectivity index (χ2n) is 7.41. The molecule has 5 rings (SSSR count). The van der Waals surface area contributed by atoms with Crippen molar-refractivity contribution in [1.29, 1.82) is 0 Å². The molecule has 0 nitrogen and oxygen atoms in total. The molecule has 110 valence electrons. The van der Waals surface area contributed by atoms with Gasteiger partial charge in [0.15, 0.2) is 8.07 Å². The molecule has 2 aliphatic heterocycles. The van der Waals surface area contributed by atoms with Gasteiger partial charge in [-0.3, -0.25) is 0 Å². The lowest BCUT2D eigenvalue weighted by Crippen LogP contribution is -2.67. The van der Waals surface area contributed by atoms with Gasteiger partial charge in [-0.25, -0.2) is 0 Å². The topological polar surface area (TPSA) is 0 Å². The average molecular weight is 319 g/mol. The highest BCUT2D eigenvalue weighted by Gasteiger charge is 2.58. The van der Waals surface area contributed by atoms with E-state index in [1.165, 1.54) is 6.42 Å². The molecule has 2 aromatic carbocycles. The van der Waals surface area contributed by atoms with E-state index in [4.69, 9.17) is 0 Å².